The van der Waals surface area contributed by atoms with Gasteiger partial charge in [0.1, 0.15) is 0 Å². The zero-order valence-electron chi connectivity index (χ0n) is 12.0. The van der Waals surface area contributed by atoms with Crippen molar-refractivity contribution < 1.29 is 9.59 Å². The average Bonchev–Trinajstić information content (AvgIpc) is 2.38. The van der Waals surface area contributed by atoms with Crippen LogP contribution in [-0.4, -0.2) is 17.5 Å². The van der Waals surface area contributed by atoms with Gasteiger partial charge in [-0.05, 0) is 25.0 Å². The highest BCUT2D eigenvalue weighted by molar-refractivity contribution is 6.11. The Morgan fingerprint density at radius 2 is 2.10 bits per heavy atom. The third-order valence-electron chi connectivity index (χ3n) is 3.34. The maximum absolute atomic E-state index is 11.7. The zero-order valence-corrected chi connectivity index (χ0v) is 12.0. The molecule has 4 nitrogen and oxygen atoms in total. The van der Waals surface area contributed by atoms with Crippen LogP contribution in [0.5, 0.6) is 0 Å². The number of nitrogens with one attached hydrogen (secondary N) is 1. The highest BCUT2D eigenvalue weighted by Gasteiger charge is 2.25. The number of nitrogens with zero attached hydrogens (tertiary/aromatic N) is 1. The van der Waals surface area contributed by atoms with E-state index < -0.39 is 0 Å². The maximum atomic E-state index is 11.7. The van der Waals surface area contributed by atoms with Crippen LogP contribution >= 0.6 is 0 Å². The van der Waals surface area contributed by atoms with Crippen LogP contribution in [0.15, 0.2) is 40.6 Å². The van der Waals surface area contributed by atoms with Gasteiger partial charge in [-0.1, -0.05) is 31.9 Å². The smallest absolute Gasteiger partial charge is 0.248 e. The fourth-order valence-electron chi connectivity index (χ4n) is 2.47. The molecule has 2 aliphatic rings. The van der Waals surface area contributed by atoms with Crippen LogP contribution in [0.3, 0.4) is 0 Å². The van der Waals surface area contributed by atoms with E-state index in [4.69, 9.17) is 0 Å². The number of carbonyl (C=O) groups is 2. The van der Waals surface area contributed by atoms with E-state index in [-0.39, 0.29) is 17.7 Å². The molecule has 0 saturated heterocycles. The Bertz CT molecular complexity index is 539. The number of hydrogen-bond acceptors (Lipinski definition) is 2. The largest absolute Gasteiger partial charge is 0.325 e. The predicted octanol–water partition coefficient (Wildman–Crippen LogP) is 2.68. The number of carbonyl (C=O) groups excluding carboxylic acids is 2. The second-order valence-electron chi connectivity index (χ2n) is 5.08. The van der Waals surface area contributed by atoms with Crippen molar-refractivity contribution in [3.8, 4) is 0 Å². The molecule has 0 bridgehead atoms. The van der Waals surface area contributed by atoms with Crippen molar-refractivity contribution in [1.82, 2.24) is 5.32 Å². The average molecular weight is 272 g/mol. The first-order chi connectivity index (χ1) is 9.63. The van der Waals surface area contributed by atoms with Crippen molar-refractivity contribution in [2.45, 2.75) is 39.5 Å². The minimum absolute atomic E-state index is 0.0921. The third-order valence-corrected chi connectivity index (χ3v) is 3.34. The van der Waals surface area contributed by atoms with E-state index >= 15 is 0 Å². The van der Waals surface area contributed by atoms with Crippen LogP contribution in [0.4, 0.5) is 0 Å². The van der Waals surface area contributed by atoms with Gasteiger partial charge in [0, 0.05) is 24.1 Å². The van der Waals surface area contributed by atoms with E-state index in [2.05, 4.69) is 17.2 Å². The molecule has 1 unspecified atom stereocenters. The molecule has 0 saturated carbocycles. The van der Waals surface area contributed by atoms with Crippen LogP contribution in [0.25, 0.3) is 0 Å². The first-order valence-electron chi connectivity index (χ1n) is 7.16. The van der Waals surface area contributed by atoms with Gasteiger partial charge in [0.2, 0.25) is 11.8 Å². The van der Waals surface area contributed by atoms with Gasteiger partial charge in [0.25, 0.3) is 0 Å². The van der Waals surface area contributed by atoms with Crippen LogP contribution in [-0.2, 0) is 9.59 Å². The van der Waals surface area contributed by atoms with E-state index in [9.17, 15) is 9.59 Å². The Hall–Kier alpha value is -1.97. The molecule has 0 aromatic carbocycles. The predicted molar refractivity (Wildman–Crippen MR) is 79.2 cm³/mol. The van der Waals surface area contributed by atoms with Gasteiger partial charge >= 0.3 is 0 Å². The van der Waals surface area contributed by atoms with Gasteiger partial charge in [-0.3, -0.25) is 9.59 Å². The molecule has 4 heteroatoms. The SMILES string of the molecule is CCCC(=O)N=C1C=CC2C(CCC)=CC(=O)NC2=C1. The summed E-state index contributed by atoms with van der Waals surface area (Å²) in [6, 6.07) is 0. The first kappa shape index (κ1) is 14.4. The molecule has 1 aliphatic carbocycles. The number of aliphatic imine (C=N–C) groups is 1. The zero-order chi connectivity index (χ0) is 14.5. The lowest BCUT2D eigenvalue weighted by molar-refractivity contribution is -0.118. The van der Waals surface area contributed by atoms with Crippen molar-refractivity contribution in [1.29, 1.82) is 0 Å². The van der Waals surface area contributed by atoms with Gasteiger partial charge in [-0.15, -0.1) is 0 Å². The molecule has 1 N–H and O–H groups in total. The first-order valence-corrected chi connectivity index (χ1v) is 7.16. The Labute approximate surface area is 119 Å². The van der Waals surface area contributed by atoms with E-state index in [1.807, 2.05) is 19.1 Å². The Morgan fingerprint density at radius 3 is 2.80 bits per heavy atom. The molecule has 1 heterocycles. The van der Waals surface area contributed by atoms with Crippen molar-refractivity contribution in [3.05, 3.63) is 35.6 Å². The van der Waals surface area contributed by atoms with E-state index in [0.717, 1.165) is 30.5 Å². The summed E-state index contributed by atoms with van der Waals surface area (Å²) >= 11 is 0. The molecule has 0 fully saturated rings. The summed E-state index contributed by atoms with van der Waals surface area (Å²) < 4.78 is 0. The topological polar surface area (TPSA) is 58.5 Å². The van der Waals surface area contributed by atoms with Gasteiger partial charge < -0.3 is 5.32 Å². The highest BCUT2D eigenvalue weighted by atomic mass is 16.2. The summed E-state index contributed by atoms with van der Waals surface area (Å²) in [6.45, 7) is 4.05. The lowest BCUT2D eigenvalue weighted by atomic mass is 9.85. The number of fused-ring (bicyclic) bond motifs is 1. The Morgan fingerprint density at radius 1 is 1.30 bits per heavy atom. The second-order valence-corrected chi connectivity index (χ2v) is 5.08. The number of amides is 2. The van der Waals surface area contributed by atoms with Crippen molar-refractivity contribution in [2.24, 2.45) is 10.9 Å². The molecule has 2 rings (SSSR count). The lowest BCUT2D eigenvalue weighted by Crippen LogP contribution is -2.33. The summed E-state index contributed by atoms with van der Waals surface area (Å²) in [6.07, 6.45) is 10.5. The molecule has 0 radical (unpaired) electrons. The quantitative estimate of drug-likeness (QED) is 0.855. The van der Waals surface area contributed by atoms with E-state index in [0.29, 0.717) is 12.1 Å². The molecule has 20 heavy (non-hydrogen) atoms. The van der Waals surface area contributed by atoms with Gasteiger partial charge in [-0.2, -0.15) is 0 Å². The third kappa shape index (κ3) is 3.32. The van der Waals surface area contributed by atoms with Crippen LogP contribution in [0.2, 0.25) is 0 Å². The maximum Gasteiger partial charge on any atom is 0.248 e. The number of rotatable bonds is 4. The van der Waals surface area contributed by atoms with Crippen molar-refractivity contribution in [3.63, 3.8) is 0 Å². The lowest BCUT2D eigenvalue weighted by Gasteiger charge is -2.27. The summed E-state index contributed by atoms with van der Waals surface area (Å²) in [5, 5.41) is 2.84. The molecule has 2 amide bonds. The molecule has 0 spiro atoms. The molecular formula is C16H20N2O2. The minimum atomic E-state index is -0.117. The molecule has 1 atom stereocenters. The van der Waals surface area contributed by atoms with Gasteiger partial charge in [0.05, 0.1) is 5.71 Å². The minimum Gasteiger partial charge on any atom is -0.325 e. The van der Waals surface area contributed by atoms with Crippen LogP contribution in [0, 0.1) is 5.92 Å². The van der Waals surface area contributed by atoms with Crippen molar-refractivity contribution >= 4 is 17.5 Å². The summed E-state index contributed by atoms with van der Waals surface area (Å²) in [7, 11) is 0. The Balaban J connectivity index is 2.22. The molecule has 106 valence electrons. The number of hydrogen-bond donors (Lipinski definition) is 1. The standard InChI is InChI=1S/C16H20N2O2/c1-3-5-11-9-16(20)18-14-10-12(7-8-13(11)14)17-15(19)6-4-2/h7-10,13H,3-6H2,1-2H3,(H,18,20). The molecule has 0 aromatic rings. The molecule has 0 aromatic heterocycles. The highest BCUT2D eigenvalue weighted by Crippen LogP contribution is 2.29. The molecule has 1 aliphatic heterocycles. The normalized spacial score (nSPS) is 23.0. The van der Waals surface area contributed by atoms with Crippen LogP contribution in [0.1, 0.15) is 39.5 Å². The second kappa shape index (κ2) is 6.46. The van der Waals surface area contributed by atoms with Gasteiger partial charge in [0.15, 0.2) is 0 Å². The van der Waals surface area contributed by atoms with E-state index in [1.165, 1.54) is 0 Å². The number of allylic oxidation sites excluding steroid dienone is 3. The monoisotopic (exact) mass is 272 g/mol. The molecular weight excluding hydrogens is 252 g/mol. The Kier molecular flexibility index (Phi) is 4.66. The fourth-order valence-corrected chi connectivity index (χ4v) is 2.47. The summed E-state index contributed by atoms with van der Waals surface area (Å²) in [5.74, 6) is -0.0905. The summed E-state index contributed by atoms with van der Waals surface area (Å²) in [5.41, 5.74) is 2.57. The van der Waals surface area contributed by atoms with Crippen LogP contribution < -0.4 is 5.32 Å². The van der Waals surface area contributed by atoms with Gasteiger partial charge in [-0.25, -0.2) is 4.99 Å². The fraction of sp³-hybridized carbons (Fsp3) is 0.438. The van der Waals surface area contributed by atoms with E-state index in [1.54, 1.807) is 12.2 Å². The van der Waals surface area contributed by atoms with Crippen molar-refractivity contribution in [2.75, 3.05) is 0 Å². The summed E-state index contributed by atoms with van der Waals surface area (Å²) in [4.78, 5) is 27.3.